The van der Waals surface area contributed by atoms with Gasteiger partial charge in [0.15, 0.2) is 0 Å². The molecular formula is C10H18N2O3. The summed E-state index contributed by atoms with van der Waals surface area (Å²) in [5, 5.41) is 12.0. The van der Waals surface area contributed by atoms with Crippen LogP contribution in [-0.2, 0) is 9.59 Å². The number of rotatable bonds is 1. The van der Waals surface area contributed by atoms with E-state index >= 15 is 0 Å². The third kappa shape index (κ3) is 2.68. The molecule has 1 heterocycles. The van der Waals surface area contributed by atoms with Crippen molar-refractivity contribution in [2.24, 2.45) is 5.41 Å². The average molecular weight is 214 g/mol. The van der Waals surface area contributed by atoms with Gasteiger partial charge in [0.25, 0.3) is 0 Å². The van der Waals surface area contributed by atoms with Gasteiger partial charge in [-0.05, 0) is 0 Å². The third-order valence-electron chi connectivity index (χ3n) is 2.43. The minimum absolute atomic E-state index is 0.101. The summed E-state index contributed by atoms with van der Waals surface area (Å²) >= 11 is 0. The molecule has 0 aromatic rings. The van der Waals surface area contributed by atoms with E-state index in [1.165, 1.54) is 4.90 Å². The van der Waals surface area contributed by atoms with Crippen molar-refractivity contribution in [1.82, 2.24) is 10.2 Å². The Labute approximate surface area is 89.4 Å². The number of piperazine rings is 1. The summed E-state index contributed by atoms with van der Waals surface area (Å²) < 4.78 is 0. The molecule has 1 unspecified atom stereocenters. The Kier molecular flexibility index (Phi) is 3.34. The number of carbonyl (C=O) groups is 2. The van der Waals surface area contributed by atoms with Gasteiger partial charge < -0.3 is 15.3 Å². The van der Waals surface area contributed by atoms with E-state index in [1.54, 1.807) is 20.8 Å². The van der Waals surface area contributed by atoms with Gasteiger partial charge >= 0.3 is 5.97 Å². The molecule has 1 aliphatic rings. The van der Waals surface area contributed by atoms with Gasteiger partial charge in [-0.15, -0.1) is 0 Å². The van der Waals surface area contributed by atoms with E-state index in [1.807, 2.05) is 0 Å². The molecule has 0 aromatic heterocycles. The van der Waals surface area contributed by atoms with Gasteiger partial charge in [-0.3, -0.25) is 4.79 Å². The van der Waals surface area contributed by atoms with E-state index in [0.29, 0.717) is 19.6 Å². The van der Waals surface area contributed by atoms with Crippen molar-refractivity contribution in [2.75, 3.05) is 19.6 Å². The first-order chi connectivity index (χ1) is 6.84. The van der Waals surface area contributed by atoms with Crippen LogP contribution in [0.5, 0.6) is 0 Å². The van der Waals surface area contributed by atoms with Gasteiger partial charge in [0.05, 0.1) is 0 Å². The van der Waals surface area contributed by atoms with Crippen molar-refractivity contribution in [1.29, 1.82) is 0 Å². The van der Waals surface area contributed by atoms with Crippen molar-refractivity contribution in [3.63, 3.8) is 0 Å². The number of carboxylic acid groups (broad SMARTS) is 1. The number of aliphatic carboxylic acids is 1. The molecule has 0 radical (unpaired) electrons. The Bertz CT molecular complexity index is 270. The molecule has 1 fully saturated rings. The number of nitrogens with zero attached hydrogens (tertiary/aromatic N) is 1. The Hall–Kier alpha value is -1.10. The van der Waals surface area contributed by atoms with Gasteiger partial charge in [-0.1, -0.05) is 20.8 Å². The number of nitrogens with one attached hydrogen (secondary N) is 1. The fourth-order valence-electron chi connectivity index (χ4n) is 1.60. The lowest BCUT2D eigenvalue weighted by molar-refractivity contribution is -0.155. The second-order valence-electron chi connectivity index (χ2n) is 4.81. The number of hydrogen-bond acceptors (Lipinski definition) is 3. The first-order valence-corrected chi connectivity index (χ1v) is 5.08. The van der Waals surface area contributed by atoms with Gasteiger partial charge in [0, 0.05) is 25.0 Å². The van der Waals surface area contributed by atoms with Crippen molar-refractivity contribution >= 4 is 11.9 Å². The second-order valence-corrected chi connectivity index (χ2v) is 4.81. The molecule has 0 bridgehead atoms. The second kappa shape index (κ2) is 4.18. The molecule has 1 aliphatic heterocycles. The minimum Gasteiger partial charge on any atom is -0.480 e. The van der Waals surface area contributed by atoms with E-state index in [-0.39, 0.29) is 5.91 Å². The number of amides is 1. The predicted octanol–water partition coefficient (Wildman–Crippen LogP) is -0.0825. The maximum Gasteiger partial charge on any atom is 0.327 e. The molecular weight excluding hydrogens is 196 g/mol. The number of carboxylic acids is 1. The Morgan fingerprint density at radius 3 is 2.47 bits per heavy atom. The van der Waals surface area contributed by atoms with E-state index in [2.05, 4.69) is 5.32 Å². The lowest BCUT2D eigenvalue weighted by Gasteiger charge is -2.37. The van der Waals surface area contributed by atoms with Crippen molar-refractivity contribution in [3.8, 4) is 0 Å². The fourth-order valence-corrected chi connectivity index (χ4v) is 1.60. The van der Waals surface area contributed by atoms with Crippen LogP contribution < -0.4 is 5.32 Å². The Morgan fingerprint density at radius 2 is 2.00 bits per heavy atom. The Morgan fingerprint density at radius 1 is 1.40 bits per heavy atom. The monoisotopic (exact) mass is 214 g/mol. The first kappa shape index (κ1) is 12.0. The highest BCUT2D eigenvalue weighted by Gasteiger charge is 2.36. The zero-order valence-corrected chi connectivity index (χ0v) is 9.41. The van der Waals surface area contributed by atoms with E-state index in [9.17, 15) is 9.59 Å². The fraction of sp³-hybridized carbons (Fsp3) is 0.800. The summed E-state index contributed by atoms with van der Waals surface area (Å²) in [6.45, 7) is 6.86. The molecule has 5 nitrogen and oxygen atoms in total. The Balaban J connectivity index is 2.81. The topological polar surface area (TPSA) is 69.6 Å². The molecule has 86 valence electrons. The highest BCUT2D eigenvalue weighted by molar-refractivity contribution is 5.87. The van der Waals surface area contributed by atoms with Crippen molar-refractivity contribution in [2.45, 2.75) is 26.8 Å². The van der Waals surface area contributed by atoms with Crippen LogP contribution in [0.2, 0.25) is 0 Å². The number of hydrogen-bond donors (Lipinski definition) is 2. The van der Waals surface area contributed by atoms with Crippen LogP contribution in [0.3, 0.4) is 0 Å². The predicted molar refractivity (Wildman–Crippen MR) is 55.5 cm³/mol. The molecule has 0 aromatic carbocycles. The molecule has 0 saturated carbocycles. The normalized spacial score (nSPS) is 22.6. The number of carbonyl (C=O) groups excluding carboxylic acids is 1. The summed E-state index contributed by atoms with van der Waals surface area (Å²) in [6, 6.07) is -0.731. The van der Waals surface area contributed by atoms with Gasteiger partial charge in [-0.2, -0.15) is 0 Å². The minimum atomic E-state index is -0.945. The lowest BCUT2D eigenvalue weighted by Crippen LogP contribution is -2.59. The quantitative estimate of drug-likeness (QED) is 0.640. The maximum atomic E-state index is 12.0. The first-order valence-electron chi connectivity index (χ1n) is 5.08. The van der Waals surface area contributed by atoms with Gasteiger partial charge in [-0.25, -0.2) is 4.79 Å². The van der Waals surface area contributed by atoms with Crippen molar-refractivity contribution < 1.29 is 14.7 Å². The molecule has 1 amide bonds. The molecule has 15 heavy (non-hydrogen) atoms. The van der Waals surface area contributed by atoms with Crippen LogP contribution in [0.1, 0.15) is 20.8 Å². The van der Waals surface area contributed by atoms with Crippen LogP contribution in [0.25, 0.3) is 0 Å². The highest BCUT2D eigenvalue weighted by atomic mass is 16.4. The standard InChI is InChI=1S/C10H18N2O3/c1-10(2,3)9(15)12-5-4-11-6-7(12)8(13)14/h7,11H,4-6H2,1-3H3,(H,13,14). The van der Waals surface area contributed by atoms with Crippen LogP contribution in [-0.4, -0.2) is 47.6 Å². The molecule has 0 aliphatic carbocycles. The summed E-state index contributed by atoms with van der Waals surface area (Å²) in [6.07, 6.45) is 0. The molecule has 5 heteroatoms. The zero-order valence-electron chi connectivity index (χ0n) is 9.41. The van der Waals surface area contributed by atoms with Crippen LogP contribution in [0, 0.1) is 5.41 Å². The van der Waals surface area contributed by atoms with Crippen LogP contribution in [0.15, 0.2) is 0 Å². The summed E-state index contributed by atoms with van der Waals surface area (Å²) in [7, 11) is 0. The summed E-state index contributed by atoms with van der Waals surface area (Å²) in [5.41, 5.74) is -0.523. The van der Waals surface area contributed by atoms with Crippen LogP contribution >= 0.6 is 0 Å². The van der Waals surface area contributed by atoms with E-state index in [0.717, 1.165) is 0 Å². The summed E-state index contributed by atoms with van der Waals surface area (Å²) in [4.78, 5) is 24.4. The van der Waals surface area contributed by atoms with E-state index in [4.69, 9.17) is 5.11 Å². The zero-order chi connectivity index (χ0) is 11.6. The van der Waals surface area contributed by atoms with Crippen LogP contribution in [0.4, 0.5) is 0 Å². The summed E-state index contributed by atoms with van der Waals surface area (Å²) in [5.74, 6) is -1.05. The SMILES string of the molecule is CC(C)(C)C(=O)N1CCNCC1C(=O)O. The average Bonchev–Trinajstić information content (AvgIpc) is 2.15. The molecule has 1 atom stereocenters. The smallest absolute Gasteiger partial charge is 0.327 e. The molecule has 1 saturated heterocycles. The molecule has 1 rings (SSSR count). The maximum absolute atomic E-state index is 12.0. The highest BCUT2D eigenvalue weighted by Crippen LogP contribution is 2.19. The lowest BCUT2D eigenvalue weighted by atomic mass is 9.93. The van der Waals surface area contributed by atoms with Gasteiger partial charge in [0.2, 0.25) is 5.91 Å². The van der Waals surface area contributed by atoms with Gasteiger partial charge in [0.1, 0.15) is 6.04 Å². The molecule has 0 spiro atoms. The third-order valence-corrected chi connectivity index (χ3v) is 2.43. The largest absolute Gasteiger partial charge is 0.480 e. The van der Waals surface area contributed by atoms with E-state index < -0.39 is 17.4 Å². The van der Waals surface area contributed by atoms with Crippen molar-refractivity contribution in [3.05, 3.63) is 0 Å². The molecule has 2 N–H and O–H groups in total.